The van der Waals surface area contributed by atoms with Gasteiger partial charge in [-0.3, -0.25) is 0 Å². The van der Waals surface area contributed by atoms with E-state index in [0.717, 1.165) is 6.54 Å². The SMILES string of the molecule is CCCCCCCCCCNC(C)CNC(C)(C)C. The molecule has 0 heterocycles. The molecule has 2 heteroatoms. The standard InChI is InChI=1S/C17H38N2/c1-6-7-8-9-10-11-12-13-14-18-16(2)15-19-17(3,4)5/h16,18-19H,6-15H2,1-5H3. The highest BCUT2D eigenvalue weighted by atomic mass is 15.0. The lowest BCUT2D eigenvalue weighted by Crippen LogP contribution is -2.44. The Labute approximate surface area is 122 Å². The van der Waals surface area contributed by atoms with E-state index >= 15 is 0 Å². The average Bonchev–Trinajstić information content (AvgIpc) is 2.33. The van der Waals surface area contributed by atoms with Crippen molar-refractivity contribution in [1.29, 1.82) is 0 Å². The highest BCUT2D eigenvalue weighted by Gasteiger charge is 2.10. The van der Waals surface area contributed by atoms with Gasteiger partial charge in [0.2, 0.25) is 0 Å². The molecule has 2 N–H and O–H groups in total. The Hall–Kier alpha value is -0.0800. The van der Waals surface area contributed by atoms with Crippen LogP contribution < -0.4 is 10.6 Å². The van der Waals surface area contributed by atoms with Gasteiger partial charge in [0, 0.05) is 18.1 Å². The van der Waals surface area contributed by atoms with Gasteiger partial charge in [-0.25, -0.2) is 0 Å². The van der Waals surface area contributed by atoms with Crippen LogP contribution in [0, 0.1) is 0 Å². The lowest BCUT2D eigenvalue weighted by Gasteiger charge is -2.24. The van der Waals surface area contributed by atoms with E-state index in [-0.39, 0.29) is 5.54 Å². The lowest BCUT2D eigenvalue weighted by atomic mass is 10.1. The molecule has 1 atom stereocenters. The Bertz CT molecular complexity index is 184. The molecule has 0 bridgehead atoms. The second-order valence-corrected chi connectivity index (χ2v) is 6.96. The van der Waals surface area contributed by atoms with Crippen molar-refractivity contribution in [2.75, 3.05) is 13.1 Å². The van der Waals surface area contributed by atoms with Crippen LogP contribution in [0.1, 0.15) is 86.0 Å². The van der Waals surface area contributed by atoms with Crippen LogP contribution in [0.2, 0.25) is 0 Å². The first kappa shape index (κ1) is 18.9. The van der Waals surface area contributed by atoms with Crippen LogP contribution in [0.5, 0.6) is 0 Å². The molecule has 0 aromatic carbocycles. The van der Waals surface area contributed by atoms with Crippen molar-refractivity contribution in [3.05, 3.63) is 0 Å². The number of hydrogen-bond donors (Lipinski definition) is 2. The van der Waals surface area contributed by atoms with Crippen molar-refractivity contribution >= 4 is 0 Å². The summed E-state index contributed by atoms with van der Waals surface area (Å²) in [5.41, 5.74) is 0.231. The Morgan fingerprint density at radius 3 is 1.89 bits per heavy atom. The van der Waals surface area contributed by atoms with Crippen molar-refractivity contribution in [1.82, 2.24) is 10.6 Å². The van der Waals surface area contributed by atoms with Crippen molar-refractivity contribution < 1.29 is 0 Å². The molecule has 0 aliphatic heterocycles. The Kier molecular flexibility index (Phi) is 11.7. The Morgan fingerprint density at radius 2 is 1.37 bits per heavy atom. The first-order valence-electron chi connectivity index (χ1n) is 8.44. The van der Waals surface area contributed by atoms with Crippen LogP contribution >= 0.6 is 0 Å². The molecule has 0 aromatic rings. The summed E-state index contributed by atoms with van der Waals surface area (Å²) in [6.45, 7) is 13.4. The molecule has 0 saturated heterocycles. The molecule has 0 rings (SSSR count). The smallest absolute Gasteiger partial charge is 0.0164 e. The van der Waals surface area contributed by atoms with Gasteiger partial charge in [-0.1, -0.05) is 51.9 Å². The summed E-state index contributed by atoms with van der Waals surface area (Å²) in [6, 6.07) is 0.573. The maximum absolute atomic E-state index is 3.60. The lowest BCUT2D eigenvalue weighted by molar-refractivity contribution is 0.385. The third-order valence-corrected chi connectivity index (χ3v) is 3.46. The molecule has 0 saturated carbocycles. The summed E-state index contributed by atoms with van der Waals surface area (Å²) >= 11 is 0. The number of nitrogens with one attached hydrogen (secondary N) is 2. The van der Waals surface area contributed by atoms with Gasteiger partial charge < -0.3 is 10.6 Å². The summed E-state index contributed by atoms with van der Waals surface area (Å²) < 4.78 is 0. The van der Waals surface area contributed by atoms with Crippen LogP contribution in [0.4, 0.5) is 0 Å². The van der Waals surface area contributed by atoms with Crippen molar-refractivity contribution in [3.63, 3.8) is 0 Å². The van der Waals surface area contributed by atoms with Gasteiger partial charge in [0.1, 0.15) is 0 Å². The van der Waals surface area contributed by atoms with Crippen LogP contribution in [0.15, 0.2) is 0 Å². The predicted octanol–water partition coefficient (Wildman–Crippen LogP) is 4.49. The van der Waals surface area contributed by atoms with E-state index in [1.165, 1.54) is 57.9 Å². The minimum atomic E-state index is 0.231. The number of rotatable bonds is 12. The average molecular weight is 271 g/mol. The zero-order chi connectivity index (χ0) is 14.6. The maximum atomic E-state index is 3.60. The Morgan fingerprint density at radius 1 is 0.842 bits per heavy atom. The highest BCUT2D eigenvalue weighted by molar-refractivity contribution is 4.74. The van der Waals surface area contributed by atoms with E-state index in [1.807, 2.05) is 0 Å². The zero-order valence-electron chi connectivity index (χ0n) is 14.1. The molecule has 116 valence electrons. The van der Waals surface area contributed by atoms with Gasteiger partial charge in [-0.05, 0) is 40.7 Å². The molecule has 1 unspecified atom stereocenters. The second-order valence-electron chi connectivity index (χ2n) is 6.96. The van der Waals surface area contributed by atoms with Gasteiger partial charge in [-0.2, -0.15) is 0 Å². The third-order valence-electron chi connectivity index (χ3n) is 3.46. The molecular weight excluding hydrogens is 232 g/mol. The van der Waals surface area contributed by atoms with Crippen molar-refractivity contribution in [3.8, 4) is 0 Å². The molecule has 19 heavy (non-hydrogen) atoms. The van der Waals surface area contributed by atoms with E-state index in [9.17, 15) is 0 Å². The maximum Gasteiger partial charge on any atom is 0.0164 e. The van der Waals surface area contributed by atoms with Crippen molar-refractivity contribution in [2.24, 2.45) is 0 Å². The van der Waals surface area contributed by atoms with E-state index in [4.69, 9.17) is 0 Å². The molecule has 0 fully saturated rings. The van der Waals surface area contributed by atoms with E-state index in [1.54, 1.807) is 0 Å². The summed E-state index contributed by atoms with van der Waals surface area (Å²) in [5.74, 6) is 0. The summed E-state index contributed by atoms with van der Waals surface area (Å²) in [7, 11) is 0. The fourth-order valence-corrected chi connectivity index (χ4v) is 2.14. The summed E-state index contributed by atoms with van der Waals surface area (Å²) in [5, 5.41) is 7.14. The third kappa shape index (κ3) is 15.9. The van der Waals surface area contributed by atoms with Gasteiger partial charge >= 0.3 is 0 Å². The molecule has 0 spiro atoms. The predicted molar refractivity (Wildman–Crippen MR) is 87.8 cm³/mol. The van der Waals surface area contributed by atoms with Gasteiger partial charge in [0.05, 0.1) is 0 Å². The number of hydrogen-bond acceptors (Lipinski definition) is 2. The minimum Gasteiger partial charge on any atom is -0.313 e. The molecule has 0 amide bonds. The largest absolute Gasteiger partial charge is 0.313 e. The molecule has 0 aliphatic rings. The molecular formula is C17H38N2. The highest BCUT2D eigenvalue weighted by Crippen LogP contribution is 2.08. The second kappa shape index (κ2) is 11.7. The van der Waals surface area contributed by atoms with Gasteiger partial charge in [0.25, 0.3) is 0 Å². The summed E-state index contributed by atoms with van der Waals surface area (Å²) in [6.07, 6.45) is 11.2. The van der Waals surface area contributed by atoms with Crippen molar-refractivity contribution in [2.45, 2.75) is 97.6 Å². The topological polar surface area (TPSA) is 24.1 Å². The van der Waals surface area contributed by atoms with E-state index in [2.05, 4.69) is 45.3 Å². The fraction of sp³-hybridized carbons (Fsp3) is 1.00. The molecule has 0 aliphatic carbocycles. The van der Waals surface area contributed by atoms with Gasteiger partial charge in [-0.15, -0.1) is 0 Å². The molecule has 0 aromatic heterocycles. The number of unbranched alkanes of at least 4 members (excludes halogenated alkanes) is 7. The van der Waals surface area contributed by atoms with E-state index < -0.39 is 0 Å². The first-order chi connectivity index (χ1) is 8.95. The summed E-state index contributed by atoms with van der Waals surface area (Å²) in [4.78, 5) is 0. The monoisotopic (exact) mass is 270 g/mol. The van der Waals surface area contributed by atoms with Crippen LogP contribution in [-0.2, 0) is 0 Å². The first-order valence-corrected chi connectivity index (χ1v) is 8.44. The van der Waals surface area contributed by atoms with Gasteiger partial charge in [0.15, 0.2) is 0 Å². The fourth-order valence-electron chi connectivity index (χ4n) is 2.14. The van der Waals surface area contributed by atoms with Crippen LogP contribution in [-0.4, -0.2) is 24.7 Å². The Balaban J connectivity index is 3.21. The molecule has 0 radical (unpaired) electrons. The van der Waals surface area contributed by atoms with Crippen LogP contribution in [0.3, 0.4) is 0 Å². The van der Waals surface area contributed by atoms with Crippen LogP contribution in [0.25, 0.3) is 0 Å². The van der Waals surface area contributed by atoms with E-state index in [0.29, 0.717) is 6.04 Å². The zero-order valence-corrected chi connectivity index (χ0v) is 14.1. The normalized spacial score (nSPS) is 13.7. The molecule has 2 nitrogen and oxygen atoms in total. The quantitative estimate of drug-likeness (QED) is 0.510. The minimum absolute atomic E-state index is 0.231.